The maximum absolute atomic E-state index is 13.3. The molecule has 158 valence electrons. The number of benzene rings is 2. The van der Waals surface area contributed by atoms with Crippen molar-refractivity contribution in [3.63, 3.8) is 0 Å². The van der Waals surface area contributed by atoms with Crippen LogP contribution < -0.4 is 5.32 Å². The number of fused-ring (bicyclic) bond motifs is 1. The van der Waals surface area contributed by atoms with Crippen molar-refractivity contribution in [2.24, 2.45) is 0 Å². The van der Waals surface area contributed by atoms with E-state index in [0.29, 0.717) is 5.52 Å². The first-order valence-electron chi connectivity index (χ1n) is 9.97. The minimum atomic E-state index is -0.506. The zero-order valence-corrected chi connectivity index (χ0v) is 17.3. The quantitative estimate of drug-likeness (QED) is 0.461. The van der Waals surface area contributed by atoms with E-state index < -0.39 is 5.97 Å². The molecule has 0 aliphatic heterocycles. The first-order chi connectivity index (χ1) is 15.0. The highest BCUT2D eigenvalue weighted by molar-refractivity contribution is 5.98. The summed E-state index contributed by atoms with van der Waals surface area (Å²) in [5.41, 5.74) is 4.11. The maximum atomic E-state index is 13.3. The van der Waals surface area contributed by atoms with Gasteiger partial charge >= 0.3 is 5.97 Å². The number of aryl methyl sites for hydroxylation is 1. The van der Waals surface area contributed by atoms with Gasteiger partial charge in [-0.3, -0.25) is 4.79 Å². The zero-order chi connectivity index (χ0) is 22.0. The number of hydrogen-bond acceptors (Lipinski definition) is 3. The molecule has 7 heteroatoms. The highest BCUT2D eigenvalue weighted by Gasteiger charge is 2.21. The summed E-state index contributed by atoms with van der Waals surface area (Å²) in [5, 5.41) is 2.90. The number of amides is 1. The third-order valence-electron chi connectivity index (χ3n) is 5.07. The van der Waals surface area contributed by atoms with E-state index in [1.165, 1.54) is 12.1 Å². The summed E-state index contributed by atoms with van der Waals surface area (Å²) in [6.07, 6.45) is 1.82. The lowest BCUT2D eigenvalue weighted by molar-refractivity contribution is -0.116. The summed E-state index contributed by atoms with van der Waals surface area (Å²) in [6, 6.07) is 17.1. The molecule has 0 spiro atoms. The Balaban J connectivity index is 1.72. The zero-order valence-electron chi connectivity index (χ0n) is 17.3. The number of hydrogen-bond donors (Lipinski definition) is 1. The second-order valence-corrected chi connectivity index (χ2v) is 7.13. The molecular formula is C24H22FN3O3. The maximum Gasteiger partial charge on any atom is 0.355 e. The van der Waals surface area contributed by atoms with Crippen molar-refractivity contribution in [3.05, 3.63) is 83.9 Å². The molecule has 6 nitrogen and oxygen atoms in total. The Morgan fingerprint density at radius 2 is 1.77 bits per heavy atom. The Labute approximate surface area is 178 Å². The number of carbonyl (C=O) groups is 2. The Hall–Kier alpha value is -3.87. The van der Waals surface area contributed by atoms with Crippen LogP contribution in [-0.2, 0) is 16.1 Å². The van der Waals surface area contributed by atoms with Gasteiger partial charge in [0.05, 0.1) is 17.6 Å². The van der Waals surface area contributed by atoms with Crippen LogP contribution >= 0.6 is 0 Å². The first-order valence-corrected chi connectivity index (χ1v) is 9.97. The third-order valence-corrected chi connectivity index (χ3v) is 5.07. The lowest BCUT2D eigenvalue weighted by Crippen LogP contribution is -2.22. The van der Waals surface area contributed by atoms with Crippen LogP contribution in [0, 0.1) is 12.7 Å². The summed E-state index contributed by atoms with van der Waals surface area (Å²) in [6.45, 7) is 3.81. The number of aromatic nitrogens is 2. The fourth-order valence-corrected chi connectivity index (χ4v) is 3.56. The molecule has 2 heterocycles. The van der Waals surface area contributed by atoms with E-state index in [4.69, 9.17) is 4.74 Å². The van der Waals surface area contributed by atoms with Gasteiger partial charge in [-0.25, -0.2) is 9.18 Å². The molecule has 0 aliphatic carbocycles. The molecule has 0 saturated carbocycles. The molecular weight excluding hydrogens is 397 g/mol. The van der Waals surface area contributed by atoms with Crippen molar-refractivity contribution in [1.29, 1.82) is 0 Å². The minimum absolute atomic E-state index is 0.0561. The van der Waals surface area contributed by atoms with E-state index in [1.54, 1.807) is 29.7 Å². The molecule has 31 heavy (non-hydrogen) atoms. The van der Waals surface area contributed by atoms with Crippen LogP contribution in [0.2, 0.25) is 0 Å². The Bertz CT molecular complexity index is 1260. The van der Waals surface area contributed by atoms with E-state index in [2.05, 4.69) is 5.32 Å². The van der Waals surface area contributed by atoms with Gasteiger partial charge in [0, 0.05) is 17.6 Å². The number of nitrogens with zero attached hydrogens (tertiary/aromatic N) is 2. The van der Waals surface area contributed by atoms with Gasteiger partial charge in [0.15, 0.2) is 0 Å². The van der Waals surface area contributed by atoms with Gasteiger partial charge in [0.25, 0.3) is 0 Å². The average Bonchev–Trinajstić information content (AvgIpc) is 3.31. The van der Waals surface area contributed by atoms with Crippen molar-refractivity contribution < 1.29 is 18.7 Å². The molecule has 1 N–H and O–H groups in total. The smallest absolute Gasteiger partial charge is 0.355 e. The van der Waals surface area contributed by atoms with Gasteiger partial charge < -0.3 is 19.2 Å². The standard InChI is InChI=1S/C24H22FN3O3/c1-3-31-24(30)22-14-21-20(12-13-27(21)18-10-8-17(25)9-11-18)28(22)15-23(29)26-19-7-5-4-6-16(19)2/h4-14H,3,15H2,1-2H3,(H,26,29). The van der Waals surface area contributed by atoms with Crippen molar-refractivity contribution in [2.75, 3.05) is 11.9 Å². The number of nitrogens with one attached hydrogen (secondary N) is 1. The van der Waals surface area contributed by atoms with E-state index in [1.807, 2.05) is 48.0 Å². The number of halogens is 1. The van der Waals surface area contributed by atoms with Gasteiger partial charge in [-0.15, -0.1) is 0 Å². The number of esters is 1. The molecule has 0 radical (unpaired) electrons. The highest BCUT2D eigenvalue weighted by Crippen LogP contribution is 2.26. The molecule has 0 fully saturated rings. The molecule has 4 rings (SSSR count). The second kappa shape index (κ2) is 8.47. The predicted octanol–water partition coefficient (Wildman–Crippen LogP) is 4.69. The molecule has 2 aromatic carbocycles. The Morgan fingerprint density at radius 1 is 1.03 bits per heavy atom. The molecule has 0 atom stereocenters. The summed E-state index contributed by atoms with van der Waals surface area (Å²) in [5.74, 6) is -1.09. The lowest BCUT2D eigenvalue weighted by atomic mass is 10.2. The molecule has 0 bridgehead atoms. The van der Waals surface area contributed by atoms with Crippen LogP contribution in [0.15, 0.2) is 66.9 Å². The summed E-state index contributed by atoms with van der Waals surface area (Å²) in [7, 11) is 0. The lowest BCUT2D eigenvalue weighted by Gasteiger charge is -2.11. The summed E-state index contributed by atoms with van der Waals surface area (Å²) in [4.78, 5) is 25.4. The van der Waals surface area contributed by atoms with Crippen LogP contribution in [0.5, 0.6) is 0 Å². The van der Waals surface area contributed by atoms with Gasteiger partial charge in [-0.1, -0.05) is 18.2 Å². The fraction of sp³-hybridized carbons (Fsp3) is 0.167. The Kier molecular flexibility index (Phi) is 5.58. The van der Waals surface area contributed by atoms with Gasteiger partial charge in [-0.2, -0.15) is 0 Å². The number of rotatable bonds is 6. The topological polar surface area (TPSA) is 65.3 Å². The molecule has 0 aliphatic rings. The minimum Gasteiger partial charge on any atom is -0.461 e. The van der Waals surface area contributed by atoms with Gasteiger partial charge in [0.1, 0.15) is 18.1 Å². The van der Waals surface area contributed by atoms with Crippen molar-refractivity contribution in [1.82, 2.24) is 9.13 Å². The number of para-hydroxylation sites is 1. The van der Waals surface area contributed by atoms with Crippen LogP contribution in [0.1, 0.15) is 23.0 Å². The Morgan fingerprint density at radius 3 is 2.48 bits per heavy atom. The van der Waals surface area contributed by atoms with Crippen molar-refractivity contribution >= 4 is 28.6 Å². The number of carbonyl (C=O) groups excluding carboxylic acids is 2. The fourth-order valence-electron chi connectivity index (χ4n) is 3.56. The first kappa shape index (κ1) is 20.4. The van der Waals surface area contributed by atoms with E-state index in [9.17, 15) is 14.0 Å². The molecule has 1 amide bonds. The molecule has 4 aromatic rings. The van der Waals surface area contributed by atoms with Gasteiger partial charge in [0.2, 0.25) is 5.91 Å². The summed E-state index contributed by atoms with van der Waals surface area (Å²) < 4.78 is 22.0. The molecule has 0 saturated heterocycles. The third kappa shape index (κ3) is 4.07. The summed E-state index contributed by atoms with van der Waals surface area (Å²) >= 11 is 0. The van der Waals surface area contributed by atoms with Crippen LogP contribution in [0.3, 0.4) is 0 Å². The van der Waals surface area contributed by atoms with Crippen LogP contribution in [0.25, 0.3) is 16.7 Å². The predicted molar refractivity (Wildman–Crippen MR) is 117 cm³/mol. The SMILES string of the molecule is CCOC(=O)c1cc2c(ccn2-c2ccc(F)cc2)n1CC(=O)Nc1ccccc1C. The van der Waals surface area contributed by atoms with E-state index in [0.717, 1.165) is 22.5 Å². The highest BCUT2D eigenvalue weighted by atomic mass is 19.1. The van der Waals surface area contributed by atoms with E-state index >= 15 is 0 Å². The van der Waals surface area contributed by atoms with Crippen molar-refractivity contribution in [3.8, 4) is 5.69 Å². The number of anilines is 1. The average molecular weight is 419 g/mol. The largest absolute Gasteiger partial charge is 0.461 e. The van der Waals surface area contributed by atoms with Crippen LogP contribution in [0.4, 0.5) is 10.1 Å². The number of ether oxygens (including phenoxy) is 1. The van der Waals surface area contributed by atoms with Gasteiger partial charge in [-0.05, 0) is 61.9 Å². The normalized spacial score (nSPS) is 10.9. The van der Waals surface area contributed by atoms with Crippen molar-refractivity contribution in [2.45, 2.75) is 20.4 Å². The van der Waals surface area contributed by atoms with Crippen LogP contribution in [-0.4, -0.2) is 27.6 Å². The van der Waals surface area contributed by atoms with E-state index in [-0.39, 0.29) is 30.6 Å². The monoisotopic (exact) mass is 419 g/mol. The molecule has 0 unspecified atom stereocenters. The molecule has 2 aromatic heterocycles. The second-order valence-electron chi connectivity index (χ2n) is 7.13.